The molecule has 102 valence electrons. The van der Waals surface area contributed by atoms with Gasteiger partial charge < -0.3 is 10.6 Å². The zero-order valence-electron chi connectivity index (χ0n) is 11.2. The maximum atomic E-state index is 13.6. The lowest BCUT2D eigenvalue weighted by molar-refractivity contribution is 0.612. The number of nitrogens with one attached hydrogen (secondary N) is 2. The second-order valence-electron chi connectivity index (χ2n) is 4.40. The Hall–Kier alpha value is -1.69. The number of aromatic nitrogens is 2. The van der Waals surface area contributed by atoms with Crippen LogP contribution in [0.2, 0.25) is 0 Å². The van der Waals surface area contributed by atoms with Gasteiger partial charge in [0.2, 0.25) is 5.95 Å². The number of thiophene rings is 1. The molecule has 0 saturated heterocycles. The monoisotopic (exact) mass is 280 g/mol. The van der Waals surface area contributed by atoms with Crippen LogP contribution in [0.4, 0.5) is 16.2 Å². The van der Waals surface area contributed by atoms with E-state index >= 15 is 0 Å². The number of hydrogen-bond acceptors (Lipinski definition) is 5. The molecule has 2 aromatic heterocycles. The molecule has 0 amide bonds. The highest BCUT2D eigenvalue weighted by atomic mass is 32.1. The molecule has 0 aliphatic carbocycles. The second-order valence-corrected chi connectivity index (χ2v) is 5.77. The summed E-state index contributed by atoms with van der Waals surface area (Å²) < 4.78 is 13.6. The first-order valence-corrected chi connectivity index (χ1v) is 6.92. The third-order valence-electron chi connectivity index (χ3n) is 2.65. The average Bonchev–Trinajstić information content (AvgIpc) is 2.77. The predicted molar refractivity (Wildman–Crippen MR) is 77.4 cm³/mol. The van der Waals surface area contributed by atoms with Crippen molar-refractivity contribution in [2.75, 3.05) is 17.7 Å². The van der Waals surface area contributed by atoms with Crippen LogP contribution in [0.25, 0.3) is 0 Å². The van der Waals surface area contributed by atoms with Crippen molar-refractivity contribution in [2.24, 2.45) is 0 Å². The molecule has 0 radical (unpaired) electrons. The van der Waals surface area contributed by atoms with Crippen LogP contribution >= 0.6 is 11.3 Å². The van der Waals surface area contributed by atoms with E-state index in [2.05, 4.69) is 39.7 Å². The van der Waals surface area contributed by atoms with E-state index in [9.17, 15) is 4.39 Å². The third kappa shape index (κ3) is 3.64. The minimum Gasteiger partial charge on any atom is -0.365 e. The van der Waals surface area contributed by atoms with Gasteiger partial charge in [0.25, 0.3) is 0 Å². The van der Waals surface area contributed by atoms with Crippen LogP contribution in [0.5, 0.6) is 0 Å². The summed E-state index contributed by atoms with van der Waals surface area (Å²) in [5.74, 6) is 0.205. The van der Waals surface area contributed by atoms with Gasteiger partial charge in [-0.15, -0.1) is 11.3 Å². The summed E-state index contributed by atoms with van der Waals surface area (Å²) in [7, 11) is 1.70. The molecular weight excluding hydrogens is 263 g/mol. The van der Waals surface area contributed by atoms with Crippen molar-refractivity contribution in [2.45, 2.75) is 26.3 Å². The van der Waals surface area contributed by atoms with Crippen molar-refractivity contribution >= 4 is 23.1 Å². The van der Waals surface area contributed by atoms with Crippen molar-refractivity contribution in [3.63, 3.8) is 0 Å². The topological polar surface area (TPSA) is 49.8 Å². The third-order valence-corrected chi connectivity index (χ3v) is 3.68. The second kappa shape index (κ2) is 5.97. The summed E-state index contributed by atoms with van der Waals surface area (Å²) in [6, 6.07) is 4.30. The van der Waals surface area contributed by atoms with Gasteiger partial charge in [-0.3, -0.25) is 0 Å². The first kappa shape index (κ1) is 13.7. The minimum absolute atomic E-state index is 0.104. The van der Waals surface area contributed by atoms with Gasteiger partial charge in [0.15, 0.2) is 11.6 Å². The largest absolute Gasteiger partial charge is 0.365 e. The highest BCUT2D eigenvalue weighted by Crippen LogP contribution is 2.19. The molecular formula is C13H17FN4S. The minimum atomic E-state index is -0.437. The molecule has 6 heteroatoms. The van der Waals surface area contributed by atoms with Gasteiger partial charge >= 0.3 is 0 Å². The lowest BCUT2D eigenvalue weighted by Crippen LogP contribution is -2.19. The predicted octanol–water partition coefficient (Wildman–Crippen LogP) is 3.07. The molecule has 0 aromatic carbocycles. The Morgan fingerprint density at radius 3 is 2.84 bits per heavy atom. The maximum Gasteiger partial charge on any atom is 0.224 e. The van der Waals surface area contributed by atoms with Crippen molar-refractivity contribution in [3.8, 4) is 0 Å². The zero-order chi connectivity index (χ0) is 13.8. The summed E-state index contributed by atoms with van der Waals surface area (Å²) in [6.07, 6.45) is 2.01. The lowest BCUT2D eigenvalue weighted by atomic mass is 10.2. The summed E-state index contributed by atoms with van der Waals surface area (Å²) >= 11 is 1.76. The summed E-state index contributed by atoms with van der Waals surface area (Å²) in [6.45, 7) is 4.09. The Bertz CT molecular complexity index is 555. The fourth-order valence-electron chi connectivity index (χ4n) is 1.77. The quantitative estimate of drug-likeness (QED) is 0.883. The van der Waals surface area contributed by atoms with Gasteiger partial charge in [-0.05, 0) is 26.0 Å². The van der Waals surface area contributed by atoms with Crippen LogP contribution in [0.15, 0.2) is 18.3 Å². The van der Waals surface area contributed by atoms with Crippen LogP contribution < -0.4 is 10.6 Å². The van der Waals surface area contributed by atoms with Crippen LogP contribution in [-0.4, -0.2) is 23.1 Å². The van der Waals surface area contributed by atoms with Crippen LogP contribution in [-0.2, 0) is 6.42 Å². The molecule has 2 heterocycles. The summed E-state index contributed by atoms with van der Waals surface area (Å²) in [5.41, 5.74) is 0. The van der Waals surface area contributed by atoms with Crippen molar-refractivity contribution in [3.05, 3.63) is 33.9 Å². The first-order valence-electron chi connectivity index (χ1n) is 6.10. The average molecular weight is 280 g/mol. The number of aryl methyl sites for hydroxylation is 1. The summed E-state index contributed by atoms with van der Waals surface area (Å²) in [4.78, 5) is 10.5. The standard InChI is InChI=1S/C13H17FN4S/c1-8(6-10-5-4-9(2)19-10)17-12-11(14)7-16-13(15-3)18-12/h4-5,7-8H,6H2,1-3H3,(H2,15,16,17,18). The van der Waals surface area contributed by atoms with Gasteiger partial charge in [-0.2, -0.15) is 4.98 Å². The molecule has 1 unspecified atom stereocenters. The Balaban J connectivity index is 2.03. The van der Waals surface area contributed by atoms with E-state index in [-0.39, 0.29) is 11.9 Å². The number of rotatable bonds is 5. The molecule has 0 aliphatic heterocycles. The van der Waals surface area contributed by atoms with Crippen LogP contribution in [0.3, 0.4) is 0 Å². The van der Waals surface area contributed by atoms with E-state index in [0.29, 0.717) is 5.95 Å². The first-order chi connectivity index (χ1) is 9.08. The molecule has 4 nitrogen and oxygen atoms in total. The van der Waals surface area contributed by atoms with Crippen molar-refractivity contribution < 1.29 is 4.39 Å². The van der Waals surface area contributed by atoms with Gasteiger partial charge in [0.05, 0.1) is 6.20 Å². The Morgan fingerprint density at radius 2 is 2.21 bits per heavy atom. The van der Waals surface area contributed by atoms with E-state index in [1.165, 1.54) is 16.0 Å². The molecule has 0 spiro atoms. The lowest BCUT2D eigenvalue weighted by Gasteiger charge is -2.14. The van der Waals surface area contributed by atoms with E-state index in [0.717, 1.165) is 6.42 Å². The van der Waals surface area contributed by atoms with E-state index in [1.807, 2.05) is 6.92 Å². The Morgan fingerprint density at radius 1 is 1.42 bits per heavy atom. The van der Waals surface area contributed by atoms with Crippen LogP contribution in [0, 0.1) is 12.7 Å². The maximum absolute atomic E-state index is 13.6. The van der Waals surface area contributed by atoms with Gasteiger partial charge in [0.1, 0.15) is 0 Å². The van der Waals surface area contributed by atoms with Gasteiger partial charge in [-0.1, -0.05) is 0 Å². The summed E-state index contributed by atoms with van der Waals surface area (Å²) in [5, 5.41) is 5.88. The molecule has 2 aromatic rings. The normalized spacial score (nSPS) is 12.2. The molecule has 0 aliphatic rings. The molecule has 2 rings (SSSR count). The van der Waals surface area contributed by atoms with E-state index in [1.54, 1.807) is 18.4 Å². The molecule has 0 bridgehead atoms. The highest BCUT2D eigenvalue weighted by molar-refractivity contribution is 7.11. The van der Waals surface area contributed by atoms with Gasteiger partial charge in [0, 0.05) is 29.3 Å². The molecule has 0 saturated carbocycles. The number of anilines is 2. The number of halogens is 1. The number of nitrogens with zero attached hydrogens (tertiary/aromatic N) is 2. The SMILES string of the molecule is CNc1ncc(F)c(NC(C)Cc2ccc(C)s2)n1. The smallest absolute Gasteiger partial charge is 0.224 e. The zero-order valence-corrected chi connectivity index (χ0v) is 12.0. The fraction of sp³-hybridized carbons (Fsp3) is 0.385. The van der Waals surface area contributed by atoms with E-state index < -0.39 is 5.82 Å². The molecule has 1 atom stereocenters. The Kier molecular flexibility index (Phi) is 4.31. The van der Waals surface area contributed by atoms with Crippen molar-refractivity contribution in [1.29, 1.82) is 0 Å². The molecule has 19 heavy (non-hydrogen) atoms. The molecule has 0 fully saturated rings. The van der Waals surface area contributed by atoms with E-state index in [4.69, 9.17) is 0 Å². The van der Waals surface area contributed by atoms with Crippen molar-refractivity contribution in [1.82, 2.24) is 9.97 Å². The highest BCUT2D eigenvalue weighted by Gasteiger charge is 2.11. The van der Waals surface area contributed by atoms with Gasteiger partial charge in [-0.25, -0.2) is 9.37 Å². The fourth-order valence-corrected chi connectivity index (χ4v) is 2.79. The Labute approximate surface area is 116 Å². The number of hydrogen-bond donors (Lipinski definition) is 2. The van der Waals surface area contributed by atoms with Crippen LogP contribution in [0.1, 0.15) is 16.7 Å². The molecule has 2 N–H and O–H groups in total.